The molecule has 1 fully saturated rings. The van der Waals surface area contributed by atoms with Crippen molar-refractivity contribution in [3.05, 3.63) is 65.4 Å². The predicted molar refractivity (Wildman–Crippen MR) is 107 cm³/mol. The first-order valence-electron chi connectivity index (χ1n) is 8.88. The molecule has 5 rings (SSSR count). The second-order valence-electron chi connectivity index (χ2n) is 7.16. The van der Waals surface area contributed by atoms with Crippen molar-refractivity contribution < 1.29 is 4.79 Å². The number of anilines is 1. The van der Waals surface area contributed by atoms with Gasteiger partial charge < -0.3 is 9.88 Å². The van der Waals surface area contributed by atoms with Crippen LogP contribution in [0.3, 0.4) is 0 Å². The molecule has 5 heteroatoms. The van der Waals surface area contributed by atoms with Gasteiger partial charge in [0, 0.05) is 23.0 Å². The van der Waals surface area contributed by atoms with Crippen molar-refractivity contribution in [2.75, 3.05) is 4.90 Å². The molecule has 2 aromatic carbocycles. The number of nitrogens with zero attached hydrogens (tertiary/aromatic N) is 2. The van der Waals surface area contributed by atoms with Crippen LogP contribution in [0.1, 0.15) is 29.8 Å². The normalized spacial score (nSPS) is 22.1. The Kier molecular flexibility index (Phi) is 3.25. The van der Waals surface area contributed by atoms with Crippen LogP contribution in [0.5, 0.6) is 0 Å². The smallest absolute Gasteiger partial charge is 0.256 e. The van der Waals surface area contributed by atoms with E-state index in [0.717, 1.165) is 11.2 Å². The number of aromatic amines is 1. The molecule has 3 aromatic rings. The highest BCUT2D eigenvalue weighted by Gasteiger charge is 2.49. The lowest BCUT2D eigenvalue weighted by Gasteiger charge is -2.34. The minimum absolute atomic E-state index is 0.0445. The first kappa shape index (κ1) is 15.6. The minimum atomic E-state index is -0.231. The summed E-state index contributed by atoms with van der Waals surface area (Å²) in [5, 5.41) is 1.81. The van der Waals surface area contributed by atoms with Crippen LogP contribution in [-0.4, -0.2) is 26.9 Å². The number of aryl methyl sites for hydroxylation is 1. The average molecular weight is 361 g/mol. The highest BCUT2D eigenvalue weighted by molar-refractivity contribution is 7.80. The summed E-state index contributed by atoms with van der Waals surface area (Å²) in [6, 6.07) is 16.1. The third-order valence-electron chi connectivity index (χ3n) is 5.62. The van der Waals surface area contributed by atoms with Gasteiger partial charge in [0.15, 0.2) is 5.11 Å². The van der Waals surface area contributed by atoms with Crippen LogP contribution >= 0.6 is 12.2 Å². The molecule has 2 atom stereocenters. The number of rotatable bonds is 1. The molecule has 130 valence electrons. The quantitative estimate of drug-likeness (QED) is 0.664. The zero-order chi connectivity index (χ0) is 18.0. The Morgan fingerprint density at radius 1 is 1.12 bits per heavy atom. The number of hydrogen-bond acceptors (Lipinski definition) is 2. The molecule has 1 N–H and O–H groups in total. The summed E-state index contributed by atoms with van der Waals surface area (Å²) in [6.45, 7) is 4.16. The average Bonchev–Trinajstić information content (AvgIpc) is 3.13. The fourth-order valence-corrected chi connectivity index (χ4v) is 4.77. The number of carbonyl (C=O) groups is 1. The fraction of sp³-hybridized carbons (Fsp3) is 0.238. The van der Waals surface area contributed by atoms with Gasteiger partial charge in [-0.25, -0.2) is 0 Å². The van der Waals surface area contributed by atoms with E-state index in [1.165, 1.54) is 22.2 Å². The Balaban J connectivity index is 1.60. The highest BCUT2D eigenvalue weighted by atomic mass is 32.1. The summed E-state index contributed by atoms with van der Waals surface area (Å²) >= 11 is 5.73. The zero-order valence-electron chi connectivity index (χ0n) is 14.7. The van der Waals surface area contributed by atoms with Crippen molar-refractivity contribution in [1.29, 1.82) is 0 Å². The number of benzene rings is 2. The maximum absolute atomic E-state index is 13.2. The Morgan fingerprint density at radius 2 is 1.85 bits per heavy atom. The standard InChI is InChI=1S/C21H19N3OS/c1-12-7-9-14(10-8-12)24-20(25)18-11-16-15-5-3-4-6-17(15)22-19(16)13(2)23(18)21(24)26/h3-10,13,18,22H,11H2,1-2H3/t13-,18+/m1/s1. The third-order valence-corrected chi connectivity index (χ3v) is 6.02. The number of fused-ring (bicyclic) bond motifs is 4. The van der Waals surface area contributed by atoms with E-state index < -0.39 is 0 Å². The molecule has 26 heavy (non-hydrogen) atoms. The van der Waals surface area contributed by atoms with Gasteiger partial charge in [-0.05, 0) is 49.8 Å². The summed E-state index contributed by atoms with van der Waals surface area (Å²) in [7, 11) is 0. The largest absolute Gasteiger partial charge is 0.356 e. The monoisotopic (exact) mass is 361 g/mol. The Hall–Kier alpha value is -2.66. The molecule has 3 heterocycles. The van der Waals surface area contributed by atoms with E-state index in [0.29, 0.717) is 11.5 Å². The summed E-state index contributed by atoms with van der Waals surface area (Å²) in [6.07, 6.45) is 0.686. The number of H-pyrrole nitrogens is 1. The Morgan fingerprint density at radius 3 is 2.62 bits per heavy atom. The summed E-state index contributed by atoms with van der Waals surface area (Å²) < 4.78 is 0. The topological polar surface area (TPSA) is 39.3 Å². The van der Waals surface area contributed by atoms with E-state index in [1.54, 1.807) is 4.90 Å². The maximum Gasteiger partial charge on any atom is 0.256 e. The number of para-hydroxylation sites is 1. The van der Waals surface area contributed by atoms with Crippen LogP contribution in [0.25, 0.3) is 10.9 Å². The van der Waals surface area contributed by atoms with Gasteiger partial charge in [0.2, 0.25) is 0 Å². The SMILES string of the molecule is Cc1ccc(N2C(=O)[C@@H]3Cc4c([nH]c5ccccc45)[C@@H](C)N3C2=S)cc1. The second-order valence-corrected chi connectivity index (χ2v) is 7.52. The van der Waals surface area contributed by atoms with E-state index in [4.69, 9.17) is 12.2 Å². The minimum Gasteiger partial charge on any atom is -0.356 e. The molecule has 1 saturated heterocycles. The Bertz CT molecular complexity index is 1050. The molecule has 0 aliphatic carbocycles. The third kappa shape index (κ3) is 2.01. The second kappa shape index (κ2) is 5.42. The molecule has 2 aliphatic heterocycles. The van der Waals surface area contributed by atoms with Gasteiger partial charge in [-0.1, -0.05) is 35.9 Å². The number of amides is 1. The van der Waals surface area contributed by atoms with Gasteiger partial charge in [-0.15, -0.1) is 0 Å². The molecule has 1 aromatic heterocycles. The van der Waals surface area contributed by atoms with Crippen molar-refractivity contribution in [2.45, 2.75) is 32.4 Å². The van der Waals surface area contributed by atoms with Crippen LogP contribution in [0.2, 0.25) is 0 Å². The molecule has 0 bridgehead atoms. The number of carbonyl (C=O) groups excluding carboxylic acids is 1. The molecule has 0 radical (unpaired) electrons. The van der Waals surface area contributed by atoms with Crippen molar-refractivity contribution in [3.8, 4) is 0 Å². The van der Waals surface area contributed by atoms with Crippen LogP contribution in [-0.2, 0) is 11.2 Å². The number of nitrogens with one attached hydrogen (secondary N) is 1. The lowest BCUT2D eigenvalue weighted by atomic mass is 9.93. The van der Waals surface area contributed by atoms with Crippen molar-refractivity contribution in [3.63, 3.8) is 0 Å². The first-order chi connectivity index (χ1) is 12.6. The van der Waals surface area contributed by atoms with E-state index in [1.807, 2.05) is 43.3 Å². The first-order valence-corrected chi connectivity index (χ1v) is 9.29. The molecular weight excluding hydrogens is 342 g/mol. The van der Waals surface area contributed by atoms with Crippen molar-refractivity contribution >= 4 is 39.8 Å². The van der Waals surface area contributed by atoms with E-state index >= 15 is 0 Å². The van der Waals surface area contributed by atoms with Crippen LogP contribution in [0.15, 0.2) is 48.5 Å². The lowest BCUT2D eigenvalue weighted by Crippen LogP contribution is -2.42. The van der Waals surface area contributed by atoms with Crippen LogP contribution < -0.4 is 4.90 Å². The van der Waals surface area contributed by atoms with E-state index in [2.05, 4.69) is 28.9 Å². The van der Waals surface area contributed by atoms with Gasteiger partial charge in [-0.2, -0.15) is 0 Å². The molecule has 0 unspecified atom stereocenters. The van der Waals surface area contributed by atoms with Gasteiger partial charge in [0.1, 0.15) is 6.04 Å². The molecule has 0 saturated carbocycles. The van der Waals surface area contributed by atoms with E-state index in [9.17, 15) is 4.79 Å². The number of hydrogen-bond donors (Lipinski definition) is 1. The fourth-order valence-electron chi connectivity index (χ4n) is 4.29. The summed E-state index contributed by atoms with van der Waals surface area (Å²) in [5.41, 5.74) is 5.55. The Labute approximate surface area is 157 Å². The van der Waals surface area contributed by atoms with Gasteiger partial charge in [0.25, 0.3) is 5.91 Å². The number of aromatic nitrogens is 1. The molecule has 0 spiro atoms. The summed E-state index contributed by atoms with van der Waals surface area (Å²) in [5.74, 6) is 0.0710. The van der Waals surface area contributed by atoms with Gasteiger partial charge >= 0.3 is 0 Å². The predicted octanol–water partition coefficient (Wildman–Crippen LogP) is 4.10. The van der Waals surface area contributed by atoms with Crippen molar-refractivity contribution in [1.82, 2.24) is 9.88 Å². The molecule has 2 aliphatic rings. The zero-order valence-corrected chi connectivity index (χ0v) is 15.5. The van der Waals surface area contributed by atoms with E-state index in [-0.39, 0.29) is 18.0 Å². The molecular formula is C21H19N3OS. The van der Waals surface area contributed by atoms with Crippen LogP contribution in [0.4, 0.5) is 5.69 Å². The highest BCUT2D eigenvalue weighted by Crippen LogP contribution is 2.41. The van der Waals surface area contributed by atoms with Crippen LogP contribution in [0, 0.1) is 6.92 Å². The molecule has 4 nitrogen and oxygen atoms in total. The number of thiocarbonyl (C=S) groups is 1. The van der Waals surface area contributed by atoms with Gasteiger partial charge in [0.05, 0.1) is 11.7 Å². The van der Waals surface area contributed by atoms with Crippen molar-refractivity contribution in [2.24, 2.45) is 0 Å². The molecule has 1 amide bonds. The maximum atomic E-state index is 13.2. The summed E-state index contributed by atoms with van der Waals surface area (Å²) in [4.78, 5) is 20.6. The lowest BCUT2D eigenvalue weighted by molar-refractivity contribution is -0.120. The van der Waals surface area contributed by atoms with Gasteiger partial charge in [-0.3, -0.25) is 9.69 Å².